The third-order valence-electron chi connectivity index (χ3n) is 6.53. The third kappa shape index (κ3) is 4.08. The van der Waals surface area contributed by atoms with Crippen molar-refractivity contribution in [2.45, 2.75) is 44.9 Å². The number of halogens is 1. The van der Waals surface area contributed by atoms with E-state index in [-0.39, 0.29) is 30.5 Å². The number of piperazine rings is 1. The maximum absolute atomic E-state index is 13.6. The van der Waals surface area contributed by atoms with Crippen molar-refractivity contribution in [2.24, 2.45) is 0 Å². The summed E-state index contributed by atoms with van der Waals surface area (Å²) in [6.07, 6.45) is 1.40. The quantitative estimate of drug-likeness (QED) is 0.499. The van der Waals surface area contributed by atoms with Gasteiger partial charge in [-0.1, -0.05) is 46.3 Å². The van der Waals surface area contributed by atoms with E-state index >= 15 is 0 Å². The zero-order valence-electron chi connectivity index (χ0n) is 18.9. The van der Waals surface area contributed by atoms with Crippen molar-refractivity contribution in [3.05, 3.63) is 69.8 Å². The van der Waals surface area contributed by atoms with Crippen molar-refractivity contribution >= 4 is 38.6 Å². The minimum atomic E-state index is -0.507. The van der Waals surface area contributed by atoms with E-state index in [9.17, 15) is 9.59 Å². The van der Waals surface area contributed by atoms with E-state index in [1.54, 1.807) is 4.90 Å². The standard InChI is InChI=1S/C26H28BrN3O3/c1-16(2)33-12-6-11-29-15-23(31)30-22(26(29)32)14-20-19-9-3-4-10-21(19)28-24(20)25(30)17-7-5-8-18(27)13-17/h3-5,7-10,13,16,22,25,28H,6,11-12,14-15H2,1-2H3/t22-,25+/m0/s1. The number of H-pyrrole nitrogens is 1. The molecular formula is C26H28BrN3O3. The number of fused-ring (bicyclic) bond motifs is 4. The van der Waals surface area contributed by atoms with Crippen molar-refractivity contribution in [1.29, 1.82) is 0 Å². The van der Waals surface area contributed by atoms with Crippen LogP contribution in [-0.4, -0.2) is 58.4 Å². The average molecular weight is 510 g/mol. The number of aromatic amines is 1. The number of para-hydroxylation sites is 1. The predicted molar refractivity (Wildman–Crippen MR) is 131 cm³/mol. The molecule has 1 N–H and O–H groups in total. The molecule has 33 heavy (non-hydrogen) atoms. The first kappa shape index (κ1) is 22.2. The SMILES string of the molecule is CC(C)OCCCN1CC(=O)N2[C@H](c3cccc(Br)c3)c3[nH]c4ccccc4c3C[C@H]2C1=O. The van der Waals surface area contributed by atoms with Gasteiger partial charge in [-0.05, 0) is 49.6 Å². The maximum atomic E-state index is 13.6. The molecule has 2 aliphatic heterocycles. The first-order chi connectivity index (χ1) is 15.9. The van der Waals surface area contributed by atoms with Crippen LogP contribution in [0.5, 0.6) is 0 Å². The molecule has 0 aliphatic carbocycles. The lowest BCUT2D eigenvalue weighted by Gasteiger charge is -2.47. The molecule has 3 aromatic rings. The Morgan fingerprint density at radius 1 is 1.15 bits per heavy atom. The molecule has 0 saturated carbocycles. The van der Waals surface area contributed by atoms with Crippen LogP contribution in [0.25, 0.3) is 10.9 Å². The van der Waals surface area contributed by atoms with Crippen LogP contribution in [0.2, 0.25) is 0 Å². The molecule has 172 valence electrons. The van der Waals surface area contributed by atoms with Gasteiger partial charge in [0.25, 0.3) is 0 Å². The Hall–Kier alpha value is -2.64. The van der Waals surface area contributed by atoms with Crippen LogP contribution in [0.1, 0.15) is 43.1 Å². The van der Waals surface area contributed by atoms with Crippen molar-refractivity contribution < 1.29 is 14.3 Å². The van der Waals surface area contributed by atoms with Gasteiger partial charge in [-0.25, -0.2) is 0 Å². The Morgan fingerprint density at radius 2 is 1.97 bits per heavy atom. The van der Waals surface area contributed by atoms with Gasteiger partial charge < -0.3 is 19.5 Å². The summed E-state index contributed by atoms with van der Waals surface area (Å²) in [4.78, 5) is 34.2. The minimum absolute atomic E-state index is 0.0151. The highest BCUT2D eigenvalue weighted by Crippen LogP contribution is 2.42. The number of carbonyl (C=O) groups is 2. The molecule has 0 bridgehead atoms. The van der Waals surface area contributed by atoms with E-state index in [0.29, 0.717) is 19.6 Å². The van der Waals surface area contributed by atoms with Crippen molar-refractivity contribution in [3.8, 4) is 0 Å². The molecule has 3 heterocycles. The van der Waals surface area contributed by atoms with Gasteiger partial charge in [-0.3, -0.25) is 9.59 Å². The molecule has 7 heteroatoms. The Morgan fingerprint density at radius 3 is 2.76 bits per heavy atom. The second kappa shape index (κ2) is 8.95. The molecule has 1 fully saturated rings. The number of amides is 2. The van der Waals surface area contributed by atoms with Crippen LogP contribution in [0.15, 0.2) is 53.0 Å². The fourth-order valence-electron chi connectivity index (χ4n) is 5.11. The molecule has 2 atom stereocenters. The smallest absolute Gasteiger partial charge is 0.246 e. The Labute approximate surface area is 202 Å². The average Bonchev–Trinajstić information content (AvgIpc) is 3.16. The first-order valence-electron chi connectivity index (χ1n) is 11.5. The zero-order valence-corrected chi connectivity index (χ0v) is 20.5. The van der Waals surface area contributed by atoms with Crippen LogP contribution >= 0.6 is 15.9 Å². The summed E-state index contributed by atoms with van der Waals surface area (Å²) in [5.74, 6) is 0.00809. The molecule has 2 aliphatic rings. The normalized spacial score (nSPS) is 20.5. The number of hydrogen-bond acceptors (Lipinski definition) is 3. The van der Waals surface area contributed by atoms with Gasteiger partial charge in [0, 0.05) is 40.6 Å². The Kier molecular flexibility index (Phi) is 6.01. The second-order valence-electron chi connectivity index (χ2n) is 9.07. The summed E-state index contributed by atoms with van der Waals surface area (Å²) < 4.78 is 6.58. The van der Waals surface area contributed by atoms with Gasteiger partial charge in [0.1, 0.15) is 6.04 Å². The van der Waals surface area contributed by atoms with E-state index in [0.717, 1.165) is 38.6 Å². The lowest BCUT2D eigenvalue weighted by atomic mass is 9.86. The summed E-state index contributed by atoms with van der Waals surface area (Å²) >= 11 is 3.57. The summed E-state index contributed by atoms with van der Waals surface area (Å²) in [5, 5.41) is 1.12. The van der Waals surface area contributed by atoms with Crippen LogP contribution in [-0.2, 0) is 20.7 Å². The molecule has 6 nitrogen and oxygen atoms in total. The first-order valence-corrected chi connectivity index (χ1v) is 12.3. The molecule has 2 aromatic carbocycles. The Balaban J connectivity index is 1.53. The molecule has 0 radical (unpaired) electrons. The Bertz CT molecular complexity index is 1200. The van der Waals surface area contributed by atoms with E-state index in [4.69, 9.17) is 4.74 Å². The maximum Gasteiger partial charge on any atom is 0.246 e. The number of nitrogens with zero attached hydrogens (tertiary/aromatic N) is 2. The summed E-state index contributed by atoms with van der Waals surface area (Å²) in [6, 6.07) is 15.3. The van der Waals surface area contributed by atoms with E-state index in [1.165, 1.54) is 0 Å². The van der Waals surface area contributed by atoms with Crippen LogP contribution in [0.4, 0.5) is 0 Å². The van der Waals surface area contributed by atoms with Gasteiger partial charge in [0.05, 0.1) is 18.7 Å². The zero-order chi connectivity index (χ0) is 23.1. The molecule has 0 spiro atoms. The highest BCUT2D eigenvalue weighted by atomic mass is 79.9. The van der Waals surface area contributed by atoms with E-state index in [2.05, 4.69) is 33.0 Å². The number of carbonyl (C=O) groups excluding carboxylic acids is 2. The number of rotatable bonds is 6. The van der Waals surface area contributed by atoms with Crippen molar-refractivity contribution in [2.75, 3.05) is 19.7 Å². The number of benzene rings is 2. The van der Waals surface area contributed by atoms with Crippen molar-refractivity contribution in [1.82, 2.24) is 14.8 Å². The number of nitrogens with one attached hydrogen (secondary N) is 1. The summed E-state index contributed by atoms with van der Waals surface area (Å²) in [6.45, 7) is 5.21. The molecule has 0 unspecified atom stereocenters. The lowest BCUT2D eigenvalue weighted by molar-refractivity contribution is -0.158. The fourth-order valence-corrected chi connectivity index (χ4v) is 5.53. The monoisotopic (exact) mass is 509 g/mol. The molecule has 1 aromatic heterocycles. The molecule has 2 amide bonds. The molecular weight excluding hydrogens is 482 g/mol. The molecule has 1 saturated heterocycles. The second-order valence-corrected chi connectivity index (χ2v) is 9.99. The van der Waals surface area contributed by atoms with E-state index < -0.39 is 6.04 Å². The van der Waals surface area contributed by atoms with Gasteiger partial charge >= 0.3 is 0 Å². The van der Waals surface area contributed by atoms with Crippen LogP contribution in [0, 0.1) is 0 Å². The van der Waals surface area contributed by atoms with Gasteiger partial charge in [-0.15, -0.1) is 0 Å². The summed E-state index contributed by atoms with van der Waals surface area (Å²) in [7, 11) is 0. The number of hydrogen-bond donors (Lipinski definition) is 1. The van der Waals surface area contributed by atoms with Gasteiger partial charge in [-0.2, -0.15) is 0 Å². The van der Waals surface area contributed by atoms with Crippen molar-refractivity contribution in [3.63, 3.8) is 0 Å². The third-order valence-corrected chi connectivity index (χ3v) is 7.02. The lowest BCUT2D eigenvalue weighted by Crippen LogP contribution is -2.63. The van der Waals surface area contributed by atoms with Gasteiger partial charge in [0.2, 0.25) is 11.8 Å². The molecule has 5 rings (SSSR count). The fraction of sp³-hybridized carbons (Fsp3) is 0.385. The van der Waals surface area contributed by atoms with Crippen LogP contribution in [0.3, 0.4) is 0 Å². The number of aromatic nitrogens is 1. The predicted octanol–water partition coefficient (Wildman–Crippen LogP) is 4.43. The van der Waals surface area contributed by atoms with E-state index in [1.807, 2.05) is 55.1 Å². The highest BCUT2D eigenvalue weighted by molar-refractivity contribution is 9.10. The van der Waals surface area contributed by atoms with Gasteiger partial charge in [0.15, 0.2) is 0 Å². The largest absolute Gasteiger partial charge is 0.379 e. The highest BCUT2D eigenvalue weighted by Gasteiger charge is 2.48. The summed E-state index contributed by atoms with van der Waals surface area (Å²) in [5.41, 5.74) is 4.15. The minimum Gasteiger partial charge on any atom is -0.379 e. The van der Waals surface area contributed by atoms with Crippen LogP contribution < -0.4 is 0 Å². The topological polar surface area (TPSA) is 65.6 Å². The number of ether oxygens (including phenoxy) is 1.